The van der Waals surface area contributed by atoms with Crippen LogP contribution in [0.5, 0.6) is 0 Å². The molecule has 0 aromatic carbocycles. The number of likely N-dealkylation sites (tertiary alicyclic amines) is 1. The Morgan fingerprint density at radius 1 is 1.10 bits per heavy atom. The lowest BCUT2D eigenvalue weighted by Gasteiger charge is -2.50. The molecule has 3 heterocycles. The third-order valence-electron chi connectivity index (χ3n) is 8.65. The molecule has 0 aromatic heterocycles. The van der Waals surface area contributed by atoms with E-state index in [-0.39, 0.29) is 35.7 Å². The maximum atomic E-state index is 13.4. The average molecular weight is 430 g/mol. The van der Waals surface area contributed by atoms with Gasteiger partial charge >= 0.3 is 0 Å². The van der Waals surface area contributed by atoms with Gasteiger partial charge in [0.15, 0.2) is 0 Å². The lowest BCUT2D eigenvalue weighted by molar-refractivity contribution is -0.149. The van der Waals surface area contributed by atoms with E-state index >= 15 is 0 Å². The summed E-state index contributed by atoms with van der Waals surface area (Å²) in [4.78, 5) is 28.4. The predicted molar refractivity (Wildman–Crippen MR) is 119 cm³/mol. The van der Waals surface area contributed by atoms with Crippen LogP contribution >= 0.6 is 0 Å². The van der Waals surface area contributed by atoms with Gasteiger partial charge in [0.1, 0.15) is 0 Å². The molecular formula is C24H39N5O2. The number of amides is 2. The van der Waals surface area contributed by atoms with Gasteiger partial charge in [-0.3, -0.25) is 14.9 Å². The van der Waals surface area contributed by atoms with Crippen molar-refractivity contribution < 1.29 is 9.59 Å². The molecule has 3 aliphatic heterocycles. The minimum atomic E-state index is -0.0339. The van der Waals surface area contributed by atoms with E-state index in [1.807, 2.05) is 11.9 Å². The van der Waals surface area contributed by atoms with Crippen LogP contribution in [0.1, 0.15) is 58.8 Å². The first-order valence-electron chi connectivity index (χ1n) is 12.3. The van der Waals surface area contributed by atoms with Crippen molar-refractivity contribution in [2.75, 3.05) is 20.1 Å². The number of hydrogen-bond acceptors (Lipinski definition) is 5. The van der Waals surface area contributed by atoms with Crippen LogP contribution in [0, 0.1) is 46.8 Å². The highest BCUT2D eigenvalue weighted by atomic mass is 16.2. The third kappa shape index (κ3) is 4.75. The quantitative estimate of drug-likeness (QED) is 0.636. The molecule has 0 aromatic rings. The largest absolute Gasteiger partial charge is 0.342 e. The normalized spacial score (nSPS) is 43.6. The summed E-state index contributed by atoms with van der Waals surface area (Å²) in [5, 5.41) is 19.1. The fourth-order valence-corrected chi connectivity index (χ4v) is 6.59. The Bertz CT molecular complexity index is 713. The molecule has 7 heteroatoms. The summed E-state index contributed by atoms with van der Waals surface area (Å²) in [6, 6.07) is 3.12. The molecular weight excluding hydrogens is 390 g/mol. The molecule has 1 aliphatic carbocycles. The Hall–Kier alpha value is -1.65. The van der Waals surface area contributed by atoms with Gasteiger partial charge in [0.2, 0.25) is 11.8 Å². The molecule has 3 N–H and O–H groups in total. The highest BCUT2D eigenvalue weighted by molar-refractivity contribution is 5.81. The van der Waals surface area contributed by atoms with Gasteiger partial charge in [0.05, 0.1) is 18.2 Å². The molecule has 9 atom stereocenters. The molecule has 0 radical (unpaired) electrons. The Balaban J connectivity index is 1.38. The van der Waals surface area contributed by atoms with Crippen LogP contribution in [0.25, 0.3) is 0 Å². The van der Waals surface area contributed by atoms with E-state index in [1.165, 1.54) is 0 Å². The molecule has 0 spiro atoms. The fraction of sp³-hybridized carbons (Fsp3) is 0.875. The molecule has 2 amide bonds. The second kappa shape index (κ2) is 9.46. The van der Waals surface area contributed by atoms with Gasteiger partial charge in [-0.15, -0.1) is 0 Å². The van der Waals surface area contributed by atoms with Gasteiger partial charge in [0, 0.05) is 44.1 Å². The van der Waals surface area contributed by atoms with Crippen LogP contribution in [0.4, 0.5) is 0 Å². The van der Waals surface area contributed by atoms with Crippen molar-refractivity contribution >= 4 is 11.8 Å². The zero-order chi connectivity index (χ0) is 22.1. The summed E-state index contributed by atoms with van der Waals surface area (Å²) in [7, 11) is 1.99. The first-order chi connectivity index (χ1) is 14.9. The summed E-state index contributed by atoms with van der Waals surface area (Å²) in [6.07, 6.45) is 6.31. The predicted octanol–water partition coefficient (Wildman–Crippen LogP) is 1.85. The fourth-order valence-electron chi connectivity index (χ4n) is 6.59. The minimum Gasteiger partial charge on any atom is -0.342 e. The maximum Gasteiger partial charge on any atom is 0.225 e. The van der Waals surface area contributed by atoms with Crippen molar-refractivity contribution in [2.24, 2.45) is 35.5 Å². The first kappa shape index (κ1) is 22.5. The number of nitrogens with zero attached hydrogens (tertiary/aromatic N) is 2. The van der Waals surface area contributed by atoms with Gasteiger partial charge in [-0.1, -0.05) is 6.92 Å². The van der Waals surface area contributed by atoms with Crippen LogP contribution in [0.2, 0.25) is 0 Å². The molecule has 4 rings (SSSR count). The van der Waals surface area contributed by atoms with Crippen molar-refractivity contribution in [3.8, 4) is 6.07 Å². The van der Waals surface area contributed by atoms with Crippen molar-refractivity contribution in [3.05, 3.63) is 0 Å². The van der Waals surface area contributed by atoms with Crippen molar-refractivity contribution in [2.45, 2.75) is 77.0 Å². The van der Waals surface area contributed by atoms with E-state index in [1.54, 1.807) is 0 Å². The smallest absolute Gasteiger partial charge is 0.225 e. The molecule has 0 bridgehead atoms. The lowest BCUT2D eigenvalue weighted by atomic mass is 9.64. The Morgan fingerprint density at radius 2 is 1.90 bits per heavy atom. The molecule has 172 valence electrons. The molecule has 9 unspecified atom stereocenters. The van der Waals surface area contributed by atoms with Crippen LogP contribution in [-0.2, 0) is 9.59 Å². The zero-order valence-corrected chi connectivity index (χ0v) is 19.3. The van der Waals surface area contributed by atoms with E-state index in [4.69, 9.17) is 5.26 Å². The van der Waals surface area contributed by atoms with E-state index in [9.17, 15) is 9.59 Å². The summed E-state index contributed by atoms with van der Waals surface area (Å²) in [5.74, 6) is 1.75. The molecule has 1 saturated carbocycles. The van der Waals surface area contributed by atoms with Crippen molar-refractivity contribution in [1.82, 2.24) is 20.9 Å². The molecule has 31 heavy (non-hydrogen) atoms. The number of piperidine rings is 3. The van der Waals surface area contributed by atoms with Gasteiger partial charge < -0.3 is 15.5 Å². The summed E-state index contributed by atoms with van der Waals surface area (Å²) in [6.45, 7) is 6.10. The van der Waals surface area contributed by atoms with Crippen LogP contribution in [-0.4, -0.2) is 55.1 Å². The zero-order valence-electron chi connectivity index (χ0n) is 19.3. The second-order valence-corrected chi connectivity index (χ2v) is 10.7. The third-order valence-corrected chi connectivity index (χ3v) is 8.65. The highest BCUT2D eigenvalue weighted by Gasteiger charge is 2.47. The average Bonchev–Trinajstić information content (AvgIpc) is 2.77. The summed E-state index contributed by atoms with van der Waals surface area (Å²) < 4.78 is 0. The van der Waals surface area contributed by atoms with E-state index in [2.05, 4.69) is 35.9 Å². The summed E-state index contributed by atoms with van der Waals surface area (Å²) in [5.41, 5.74) is 0. The van der Waals surface area contributed by atoms with Crippen molar-refractivity contribution in [3.63, 3.8) is 0 Å². The standard InChI is InChI=1S/C24H39N5O2/c1-14-4-6-17(23(30)28-22-7-5-16(11-25)12-27-22)9-19(14)20-10-18-13-26-15(2)8-21(18)29(3)24(20)31/h14-22,26-27H,4-10,12-13H2,1-3H3,(H,28,30). The van der Waals surface area contributed by atoms with E-state index in [0.717, 1.165) is 51.5 Å². The van der Waals surface area contributed by atoms with E-state index in [0.29, 0.717) is 36.4 Å². The lowest BCUT2D eigenvalue weighted by Crippen LogP contribution is -2.60. The number of hydrogen-bond donors (Lipinski definition) is 3. The molecule has 3 saturated heterocycles. The van der Waals surface area contributed by atoms with Gasteiger partial charge in [0.25, 0.3) is 0 Å². The van der Waals surface area contributed by atoms with Gasteiger partial charge in [-0.2, -0.15) is 5.26 Å². The first-order valence-corrected chi connectivity index (χ1v) is 12.3. The Morgan fingerprint density at radius 3 is 2.61 bits per heavy atom. The minimum absolute atomic E-state index is 0.0166. The Labute approximate surface area is 186 Å². The maximum absolute atomic E-state index is 13.4. The van der Waals surface area contributed by atoms with Gasteiger partial charge in [-0.25, -0.2) is 0 Å². The van der Waals surface area contributed by atoms with E-state index < -0.39 is 0 Å². The van der Waals surface area contributed by atoms with Crippen molar-refractivity contribution in [1.29, 1.82) is 5.26 Å². The number of nitriles is 1. The topological polar surface area (TPSA) is 97.3 Å². The van der Waals surface area contributed by atoms with Crippen LogP contribution in [0.3, 0.4) is 0 Å². The molecule has 4 aliphatic rings. The van der Waals surface area contributed by atoms with Crippen LogP contribution < -0.4 is 16.0 Å². The molecule has 7 nitrogen and oxygen atoms in total. The number of fused-ring (bicyclic) bond motifs is 1. The second-order valence-electron chi connectivity index (χ2n) is 10.7. The summed E-state index contributed by atoms with van der Waals surface area (Å²) >= 11 is 0. The SMILES string of the molecule is CC1CC2C(CN1)CC(C1CC(C(=O)NC3CCC(C#N)CN3)CCC1C)C(=O)N2C. The Kier molecular flexibility index (Phi) is 6.88. The highest BCUT2D eigenvalue weighted by Crippen LogP contribution is 2.44. The van der Waals surface area contributed by atoms with Crippen LogP contribution in [0.15, 0.2) is 0 Å². The number of rotatable bonds is 3. The van der Waals surface area contributed by atoms with Gasteiger partial charge in [-0.05, 0) is 69.6 Å². The number of nitrogens with one attached hydrogen (secondary N) is 3. The monoisotopic (exact) mass is 429 g/mol. The number of carbonyl (C=O) groups is 2. The molecule has 4 fully saturated rings. The number of carbonyl (C=O) groups excluding carboxylic acids is 2.